The summed E-state index contributed by atoms with van der Waals surface area (Å²) in [4.78, 5) is 28.5. The van der Waals surface area contributed by atoms with Gasteiger partial charge in [0.1, 0.15) is 16.7 Å². The largest absolute Gasteiger partial charge is 0.416 e. The average Bonchev–Trinajstić information content (AvgIpc) is 3.09. The molecular formula is C18H20F3N3O2S. The second-order valence-electron chi connectivity index (χ2n) is 6.39. The second kappa shape index (κ2) is 8.51. The summed E-state index contributed by atoms with van der Waals surface area (Å²) in [5.41, 5.74) is -0.443. The smallest absolute Gasteiger partial charge is 0.357 e. The molecule has 2 amide bonds. The van der Waals surface area contributed by atoms with E-state index in [-0.39, 0.29) is 23.1 Å². The number of carbonyl (C=O) groups excluding carboxylic acids is 2. The topological polar surface area (TPSA) is 71.1 Å². The molecule has 0 bridgehead atoms. The summed E-state index contributed by atoms with van der Waals surface area (Å²) in [6, 6.07) is 4.06. The Kier molecular flexibility index (Phi) is 6.59. The van der Waals surface area contributed by atoms with Crippen molar-refractivity contribution < 1.29 is 22.8 Å². The van der Waals surface area contributed by atoms with Gasteiger partial charge in [-0.1, -0.05) is 26.0 Å². The van der Waals surface area contributed by atoms with Gasteiger partial charge in [-0.05, 0) is 24.5 Å². The molecule has 0 aliphatic heterocycles. The lowest BCUT2D eigenvalue weighted by atomic mass is 10.0. The molecule has 0 radical (unpaired) electrons. The molecule has 0 aliphatic rings. The maximum absolute atomic E-state index is 12.9. The van der Waals surface area contributed by atoms with Crippen molar-refractivity contribution in [2.75, 3.05) is 7.05 Å². The van der Waals surface area contributed by atoms with Gasteiger partial charge in [-0.2, -0.15) is 13.2 Å². The Labute approximate surface area is 159 Å². The number of likely N-dealkylation sites (N-methyl/N-ethyl adjacent to an activating group) is 1. The molecule has 0 aliphatic carbocycles. The van der Waals surface area contributed by atoms with Crippen molar-refractivity contribution >= 4 is 23.2 Å². The van der Waals surface area contributed by atoms with Crippen molar-refractivity contribution in [2.24, 2.45) is 5.92 Å². The minimum Gasteiger partial charge on any atom is -0.357 e. The Morgan fingerprint density at radius 1 is 1.26 bits per heavy atom. The minimum absolute atomic E-state index is 0.0603. The maximum atomic E-state index is 12.9. The second-order valence-corrected chi connectivity index (χ2v) is 7.24. The summed E-state index contributed by atoms with van der Waals surface area (Å²) in [6.45, 7) is 3.85. The van der Waals surface area contributed by atoms with E-state index in [1.165, 1.54) is 24.6 Å². The molecule has 1 aromatic heterocycles. The van der Waals surface area contributed by atoms with Gasteiger partial charge in [-0.15, -0.1) is 11.3 Å². The van der Waals surface area contributed by atoms with E-state index in [0.717, 1.165) is 23.5 Å². The quantitative estimate of drug-likeness (QED) is 0.778. The molecule has 5 nitrogen and oxygen atoms in total. The van der Waals surface area contributed by atoms with Crippen molar-refractivity contribution in [1.29, 1.82) is 0 Å². The summed E-state index contributed by atoms with van der Waals surface area (Å²) in [7, 11) is 1.48. The van der Waals surface area contributed by atoms with Gasteiger partial charge in [0.05, 0.1) is 5.56 Å². The lowest BCUT2D eigenvalue weighted by molar-refractivity contribution is -0.137. The van der Waals surface area contributed by atoms with Crippen LogP contribution in [0.25, 0.3) is 10.6 Å². The van der Waals surface area contributed by atoms with E-state index >= 15 is 0 Å². The monoisotopic (exact) mass is 399 g/mol. The van der Waals surface area contributed by atoms with Crippen molar-refractivity contribution in [3.8, 4) is 10.6 Å². The SMILES string of the molecule is CNC(=O)C(CC(C)C)NC(=O)c1csc(-c2cccc(C(F)(F)F)c2)n1. The number of carbonyl (C=O) groups is 2. The van der Waals surface area contributed by atoms with E-state index in [1.54, 1.807) is 0 Å². The fraction of sp³-hybridized carbons (Fsp3) is 0.389. The van der Waals surface area contributed by atoms with Crippen molar-refractivity contribution in [2.45, 2.75) is 32.5 Å². The summed E-state index contributed by atoms with van der Waals surface area (Å²) in [6.07, 6.45) is -4.00. The Morgan fingerprint density at radius 3 is 2.56 bits per heavy atom. The number of hydrogen-bond acceptors (Lipinski definition) is 4. The van der Waals surface area contributed by atoms with Gasteiger partial charge in [0.2, 0.25) is 5.91 Å². The molecule has 1 aromatic carbocycles. The van der Waals surface area contributed by atoms with Gasteiger partial charge in [0.15, 0.2) is 0 Å². The highest BCUT2D eigenvalue weighted by molar-refractivity contribution is 7.13. The highest BCUT2D eigenvalue weighted by atomic mass is 32.1. The number of rotatable bonds is 6. The number of amides is 2. The number of aromatic nitrogens is 1. The molecule has 0 saturated heterocycles. The Bertz CT molecular complexity index is 818. The molecule has 2 aromatic rings. The summed E-state index contributed by atoms with van der Waals surface area (Å²) in [5, 5.41) is 6.89. The molecule has 0 saturated carbocycles. The van der Waals surface area contributed by atoms with E-state index in [0.29, 0.717) is 11.4 Å². The highest BCUT2D eigenvalue weighted by Gasteiger charge is 2.30. The van der Waals surface area contributed by atoms with Crippen LogP contribution in [0.4, 0.5) is 13.2 Å². The predicted octanol–water partition coefficient (Wildman–Crippen LogP) is 3.72. The molecule has 9 heteroatoms. The van der Waals surface area contributed by atoms with Gasteiger partial charge >= 0.3 is 6.18 Å². The van der Waals surface area contributed by atoms with Crippen LogP contribution in [0.3, 0.4) is 0 Å². The first-order chi connectivity index (χ1) is 12.6. The van der Waals surface area contributed by atoms with Crippen LogP contribution < -0.4 is 10.6 Å². The third kappa shape index (κ3) is 5.53. The molecule has 1 unspecified atom stereocenters. The van der Waals surface area contributed by atoms with Crippen LogP contribution >= 0.6 is 11.3 Å². The normalized spacial score (nSPS) is 12.7. The fourth-order valence-corrected chi connectivity index (χ4v) is 3.25. The number of thiazole rings is 1. The van der Waals surface area contributed by atoms with Crippen molar-refractivity contribution in [3.63, 3.8) is 0 Å². The summed E-state index contributed by atoms with van der Waals surface area (Å²) < 4.78 is 38.6. The van der Waals surface area contributed by atoms with Crippen molar-refractivity contribution in [3.05, 3.63) is 40.9 Å². The summed E-state index contributed by atoms with van der Waals surface area (Å²) >= 11 is 1.07. The van der Waals surface area contributed by atoms with E-state index < -0.39 is 23.7 Å². The molecule has 27 heavy (non-hydrogen) atoms. The molecule has 2 N–H and O–H groups in total. The van der Waals surface area contributed by atoms with Crippen LogP contribution in [-0.2, 0) is 11.0 Å². The first-order valence-electron chi connectivity index (χ1n) is 8.27. The van der Waals surface area contributed by atoms with Crippen molar-refractivity contribution in [1.82, 2.24) is 15.6 Å². The molecule has 1 heterocycles. The van der Waals surface area contributed by atoms with Gasteiger partial charge in [0.25, 0.3) is 5.91 Å². The number of halogens is 3. The van der Waals surface area contributed by atoms with Crippen LogP contribution in [0.2, 0.25) is 0 Å². The lowest BCUT2D eigenvalue weighted by Gasteiger charge is -2.18. The number of hydrogen-bond donors (Lipinski definition) is 2. The van der Waals surface area contributed by atoms with Crippen LogP contribution in [0.5, 0.6) is 0 Å². The van der Waals surface area contributed by atoms with Gasteiger partial charge in [-0.3, -0.25) is 9.59 Å². The fourth-order valence-electron chi connectivity index (χ4n) is 2.45. The maximum Gasteiger partial charge on any atom is 0.416 e. The number of nitrogens with one attached hydrogen (secondary N) is 2. The molecule has 2 rings (SSSR count). The van der Waals surface area contributed by atoms with E-state index in [1.807, 2.05) is 13.8 Å². The zero-order chi connectivity index (χ0) is 20.2. The van der Waals surface area contributed by atoms with Gasteiger partial charge in [0, 0.05) is 18.0 Å². The molecule has 146 valence electrons. The predicted molar refractivity (Wildman–Crippen MR) is 97.3 cm³/mol. The molecule has 0 spiro atoms. The third-order valence-corrected chi connectivity index (χ3v) is 4.64. The van der Waals surface area contributed by atoms with Crippen LogP contribution in [0, 0.1) is 5.92 Å². The van der Waals surface area contributed by atoms with E-state index in [2.05, 4.69) is 15.6 Å². The highest BCUT2D eigenvalue weighted by Crippen LogP contribution is 2.33. The molecule has 0 fully saturated rings. The zero-order valence-electron chi connectivity index (χ0n) is 15.1. The van der Waals surface area contributed by atoms with Crippen LogP contribution in [-0.4, -0.2) is 29.9 Å². The van der Waals surface area contributed by atoms with E-state index in [9.17, 15) is 22.8 Å². The van der Waals surface area contributed by atoms with Crippen LogP contribution in [0.15, 0.2) is 29.6 Å². The number of benzene rings is 1. The first kappa shape index (κ1) is 20.9. The van der Waals surface area contributed by atoms with Gasteiger partial charge < -0.3 is 10.6 Å². The minimum atomic E-state index is -4.45. The summed E-state index contributed by atoms with van der Waals surface area (Å²) in [5.74, 6) is -0.673. The standard InChI is InChI=1S/C18H20F3N3O2S/c1-10(2)7-13(15(25)22-3)23-16(26)14-9-27-17(24-14)11-5-4-6-12(8-11)18(19,20)21/h4-6,8-10,13H,7H2,1-3H3,(H,22,25)(H,23,26). The number of alkyl halides is 3. The Balaban J connectivity index is 2.19. The molecular weight excluding hydrogens is 379 g/mol. The Hall–Kier alpha value is -2.42. The van der Waals surface area contributed by atoms with Crippen LogP contribution in [0.1, 0.15) is 36.3 Å². The zero-order valence-corrected chi connectivity index (χ0v) is 15.9. The lowest BCUT2D eigenvalue weighted by Crippen LogP contribution is -2.46. The first-order valence-corrected chi connectivity index (χ1v) is 9.15. The van der Waals surface area contributed by atoms with Gasteiger partial charge in [-0.25, -0.2) is 4.98 Å². The third-order valence-electron chi connectivity index (χ3n) is 3.75. The molecule has 1 atom stereocenters. The van der Waals surface area contributed by atoms with E-state index in [4.69, 9.17) is 0 Å². The Morgan fingerprint density at radius 2 is 1.96 bits per heavy atom. The number of nitrogens with zero attached hydrogens (tertiary/aromatic N) is 1. The average molecular weight is 399 g/mol.